The van der Waals surface area contributed by atoms with E-state index in [1.54, 1.807) is 12.1 Å². The number of anilines is 2. The fraction of sp³-hybridized carbons (Fsp3) is 0.133. The van der Waals surface area contributed by atoms with Crippen molar-refractivity contribution in [3.8, 4) is 0 Å². The van der Waals surface area contributed by atoms with Gasteiger partial charge in [-0.15, -0.1) is 0 Å². The zero-order valence-electron chi connectivity index (χ0n) is 10.8. The first kappa shape index (κ1) is 13.6. The van der Waals surface area contributed by atoms with Gasteiger partial charge in [-0.2, -0.15) is 0 Å². The second-order valence-corrected chi connectivity index (χ2v) is 5.42. The molecule has 0 fully saturated rings. The average molecular weight is 319 g/mol. The third-order valence-corrected chi connectivity index (χ3v) is 3.38. The molecule has 0 atom stereocenters. The second kappa shape index (κ2) is 5.45. The Labute approximate surface area is 121 Å². The van der Waals surface area contributed by atoms with Crippen LogP contribution < -0.4 is 11.1 Å². The van der Waals surface area contributed by atoms with Crippen LogP contribution in [0.2, 0.25) is 0 Å². The van der Waals surface area contributed by atoms with E-state index >= 15 is 0 Å². The van der Waals surface area contributed by atoms with Crippen LogP contribution in [0, 0.1) is 13.8 Å². The van der Waals surface area contributed by atoms with Crippen molar-refractivity contribution in [3.63, 3.8) is 0 Å². The van der Waals surface area contributed by atoms with E-state index in [1.165, 1.54) is 0 Å². The van der Waals surface area contributed by atoms with E-state index in [9.17, 15) is 4.79 Å². The van der Waals surface area contributed by atoms with Gasteiger partial charge in [0.05, 0.1) is 11.4 Å². The topological polar surface area (TPSA) is 55.1 Å². The monoisotopic (exact) mass is 318 g/mol. The highest BCUT2D eigenvalue weighted by atomic mass is 79.9. The van der Waals surface area contributed by atoms with Crippen molar-refractivity contribution >= 4 is 33.2 Å². The number of aryl methyl sites for hydroxylation is 2. The van der Waals surface area contributed by atoms with Crippen LogP contribution in [-0.2, 0) is 0 Å². The molecule has 0 bridgehead atoms. The summed E-state index contributed by atoms with van der Waals surface area (Å²) in [5.41, 5.74) is 9.86. The van der Waals surface area contributed by atoms with E-state index in [-0.39, 0.29) is 5.91 Å². The standard InChI is InChI=1S/C15H15BrN2O/c1-9-7-10(2)14(13(17)8-9)18-15(19)11-3-5-12(16)6-4-11/h3-8H,17H2,1-2H3,(H,18,19). The number of hydrogen-bond donors (Lipinski definition) is 2. The maximum Gasteiger partial charge on any atom is 0.255 e. The lowest BCUT2D eigenvalue weighted by Gasteiger charge is -2.12. The van der Waals surface area contributed by atoms with Crippen molar-refractivity contribution in [1.82, 2.24) is 0 Å². The zero-order chi connectivity index (χ0) is 14.0. The summed E-state index contributed by atoms with van der Waals surface area (Å²) in [6.07, 6.45) is 0. The Morgan fingerprint density at radius 2 is 1.79 bits per heavy atom. The number of carbonyl (C=O) groups excluding carboxylic acids is 1. The molecule has 19 heavy (non-hydrogen) atoms. The van der Waals surface area contributed by atoms with Crippen molar-refractivity contribution in [3.05, 3.63) is 57.6 Å². The number of nitrogens with two attached hydrogens (primary N) is 1. The van der Waals surface area contributed by atoms with E-state index in [0.29, 0.717) is 16.9 Å². The van der Waals surface area contributed by atoms with Crippen molar-refractivity contribution in [2.45, 2.75) is 13.8 Å². The molecule has 0 radical (unpaired) electrons. The molecule has 1 amide bonds. The predicted molar refractivity (Wildman–Crippen MR) is 82.4 cm³/mol. The molecule has 98 valence electrons. The molecule has 0 aliphatic carbocycles. The highest BCUT2D eigenvalue weighted by Gasteiger charge is 2.10. The van der Waals surface area contributed by atoms with Gasteiger partial charge in [0, 0.05) is 10.0 Å². The fourth-order valence-electron chi connectivity index (χ4n) is 1.96. The molecular weight excluding hydrogens is 304 g/mol. The summed E-state index contributed by atoms with van der Waals surface area (Å²) in [5.74, 6) is -0.161. The van der Waals surface area contributed by atoms with Crippen LogP contribution in [0.3, 0.4) is 0 Å². The lowest BCUT2D eigenvalue weighted by molar-refractivity contribution is 0.102. The lowest BCUT2D eigenvalue weighted by atomic mass is 10.1. The van der Waals surface area contributed by atoms with Gasteiger partial charge in [-0.25, -0.2) is 0 Å². The Morgan fingerprint density at radius 1 is 1.16 bits per heavy atom. The minimum absolute atomic E-state index is 0.161. The van der Waals surface area contributed by atoms with Gasteiger partial charge in [0.25, 0.3) is 5.91 Å². The van der Waals surface area contributed by atoms with Crippen molar-refractivity contribution in [1.29, 1.82) is 0 Å². The minimum atomic E-state index is -0.161. The Bertz CT molecular complexity index is 598. The molecular formula is C15H15BrN2O. The Hall–Kier alpha value is -1.81. The molecule has 3 nitrogen and oxygen atoms in total. The number of halogens is 1. The number of carbonyl (C=O) groups is 1. The number of hydrogen-bond acceptors (Lipinski definition) is 2. The van der Waals surface area contributed by atoms with Crippen LogP contribution in [0.25, 0.3) is 0 Å². The van der Waals surface area contributed by atoms with E-state index in [1.807, 2.05) is 38.1 Å². The van der Waals surface area contributed by atoms with Gasteiger partial charge in [0.15, 0.2) is 0 Å². The maximum absolute atomic E-state index is 12.1. The smallest absolute Gasteiger partial charge is 0.255 e. The molecule has 0 heterocycles. The summed E-state index contributed by atoms with van der Waals surface area (Å²) in [6, 6.07) is 11.0. The number of nitrogen functional groups attached to an aromatic ring is 1. The average Bonchev–Trinajstić information content (AvgIpc) is 2.34. The van der Waals surface area contributed by atoms with Gasteiger partial charge < -0.3 is 11.1 Å². The highest BCUT2D eigenvalue weighted by molar-refractivity contribution is 9.10. The summed E-state index contributed by atoms with van der Waals surface area (Å²) in [6.45, 7) is 3.91. The van der Waals surface area contributed by atoms with Gasteiger partial charge in [0.2, 0.25) is 0 Å². The van der Waals surface area contributed by atoms with Crippen LogP contribution in [0.4, 0.5) is 11.4 Å². The van der Waals surface area contributed by atoms with Crippen LogP contribution in [0.5, 0.6) is 0 Å². The third-order valence-electron chi connectivity index (χ3n) is 2.86. The van der Waals surface area contributed by atoms with Crippen molar-refractivity contribution in [2.75, 3.05) is 11.1 Å². The quantitative estimate of drug-likeness (QED) is 0.825. The Balaban J connectivity index is 2.26. The van der Waals surface area contributed by atoms with E-state index in [4.69, 9.17) is 5.73 Å². The number of nitrogens with one attached hydrogen (secondary N) is 1. The second-order valence-electron chi connectivity index (χ2n) is 4.51. The first-order valence-electron chi connectivity index (χ1n) is 5.91. The molecule has 0 spiro atoms. The molecule has 0 saturated carbocycles. The Kier molecular flexibility index (Phi) is 3.90. The SMILES string of the molecule is Cc1cc(C)c(NC(=O)c2ccc(Br)cc2)c(N)c1. The lowest BCUT2D eigenvalue weighted by Crippen LogP contribution is -2.14. The van der Waals surface area contributed by atoms with Crippen LogP contribution in [-0.4, -0.2) is 5.91 Å². The summed E-state index contributed by atoms with van der Waals surface area (Å²) < 4.78 is 0.940. The molecule has 4 heteroatoms. The van der Waals surface area contributed by atoms with Crippen LogP contribution >= 0.6 is 15.9 Å². The van der Waals surface area contributed by atoms with Crippen molar-refractivity contribution < 1.29 is 4.79 Å². The highest BCUT2D eigenvalue weighted by Crippen LogP contribution is 2.25. The van der Waals surface area contributed by atoms with E-state index in [2.05, 4.69) is 21.2 Å². The molecule has 2 rings (SSSR count). The first-order chi connectivity index (χ1) is 8.97. The van der Waals surface area contributed by atoms with E-state index < -0.39 is 0 Å². The van der Waals surface area contributed by atoms with Gasteiger partial charge in [-0.05, 0) is 55.3 Å². The molecule has 2 aromatic rings. The molecule has 0 aliphatic heterocycles. The summed E-state index contributed by atoms with van der Waals surface area (Å²) in [5, 5.41) is 2.86. The molecule has 0 aromatic heterocycles. The molecule has 0 aliphatic rings. The number of benzene rings is 2. The number of amides is 1. The fourth-order valence-corrected chi connectivity index (χ4v) is 2.22. The predicted octanol–water partition coefficient (Wildman–Crippen LogP) is 3.90. The largest absolute Gasteiger partial charge is 0.397 e. The van der Waals surface area contributed by atoms with Crippen LogP contribution in [0.1, 0.15) is 21.5 Å². The van der Waals surface area contributed by atoms with Crippen molar-refractivity contribution in [2.24, 2.45) is 0 Å². The summed E-state index contributed by atoms with van der Waals surface area (Å²) >= 11 is 3.34. The number of rotatable bonds is 2. The summed E-state index contributed by atoms with van der Waals surface area (Å²) in [7, 11) is 0. The van der Waals surface area contributed by atoms with Gasteiger partial charge in [0.1, 0.15) is 0 Å². The first-order valence-corrected chi connectivity index (χ1v) is 6.70. The minimum Gasteiger partial charge on any atom is -0.397 e. The van der Waals surface area contributed by atoms with Crippen LogP contribution in [0.15, 0.2) is 40.9 Å². The zero-order valence-corrected chi connectivity index (χ0v) is 12.4. The van der Waals surface area contributed by atoms with Gasteiger partial charge in [-0.1, -0.05) is 22.0 Å². The molecule has 0 saturated heterocycles. The molecule has 3 N–H and O–H groups in total. The molecule has 0 unspecified atom stereocenters. The van der Waals surface area contributed by atoms with Gasteiger partial charge in [-0.3, -0.25) is 4.79 Å². The third kappa shape index (κ3) is 3.15. The van der Waals surface area contributed by atoms with E-state index in [0.717, 1.165) is 15.6 Å². The molecule has 2 aromatic carbocycles. The van der Waals surface area contributed by atoms with Gasteiger partial charge >= 0.3 is 0 Å². The summed E-state index contributed by atoms with van der Waals surface area (Å²) in [4.78, 5) is 12.1. The normalized spacial score (nSPS) is 10.3. The maximum atomic E-state index is 12.1. The Morgan fingerprint density at radius 3 is 2.37 bits per heavy atom.